The topological polar surface area (TPSA) is 60.0 Å². The molecule has 0 aromatic heterocycles. The number of carbonyl (C=O) groups is 1. The van der Waals surface area contributed by atoms with Crippen molar-refractivity contribution in [2.75, 3.05) is 54.4 Å². The Morgan fingerprint density at radius 3 is 2.15 bits per heavy atom. The molecule has 154 valence electrons. The van der Waals surface area contributed by atoms with E-state index in [1.165, 1.54) is 0 Å². The van der Waals surface area contributed by atoms with Crippen molar-refractivity contribution in [2.45, 2.75) is 46.5 Å². The van der Waals surface area contributed by atoms with Crippen LogP contribution in [0.2, 0.25) is 0 Å². The van der Waals surface area contributed by atoms with Crippen molar-refractivity contribution in [3.8, 4) is 0 Å². The van der Waals surface area contributed by atoms with Crippen LogP contribution in [-0.4, -0.2) is 76.0 Å². The van der Waals surface area contributed by atoms with E-state index in [0.717, 1.165) is 51.3 Å². The molecule has 0 radical (unpaired) electrons. The van der Waals surface area contributed by atoms with Crippen LogP contribution >= 0.6 is 24.0 Å². The van der Waals surface area contributed by atoms with Crippen LogP contribution in [0.3, 0.4) is 0 Å². The molecule has 2 N–H and O–H groups in total. The van der Waals surface area contributed by atoms with Gasteiger partial charge in [0, 0.05) is 40.3 Å². The summed E-state index contributed by atoms with van der Waals surface area (Å²) in [5.74, 6) is 1.05. The van der Waals surface area contributed by atoms with Crippen LogP contribution in [0, 0.1) is 10.8 Å². The van der Waals surface area contributed by atoms with E-state index in [4.69, 9.17) is 4.99 Å². The first-order valence-electron chi connectivity index (χ1n) is 9.50. The summed E-state index contributed by atoms with van der Waals surface area (Å²) in [4.78, 5) is 21.4. The first kappa shape index (κ1) is 25.4. The van der Waals surface area contributed by atoms with Crippen LogP contribution in [0.15, 0.2) is 4.99 Å². The maximum Gasteiger partial charge on any atom is 0.230 e. The zero-order valence-electron chi connectivity index (χ0n) is 17.8. The molecule has 0 atom stereocenters. The number of halogens is 1. The Kier molecular flexibility index (Phi) is 11.1. The molecule has 0 aromatic carbocycles. The third-order valence-corrected chi connectivity index (χ3v) is 4.77. The Labute approximate surface area is 177 Å². The van der Waals surface area contributed by atoms with Gasteiger partial charge in [-0.05, 0) is 39.3 Å². The van der Waals surface area contributed by atoms with E-state index in [-0.39, 0.29) is 40.7 Å². The highest BCUT2D eigenvalue weighted by Gasteiger charge is 2.42. The molecule has 0 aromatic rings. The summed E-state index contributed by atoms with van der Waals surface area (Å²) in [6, 6.07) is 0. The van der Waals surface area contributed by atoms with Crippen LogP contribution in [0.5, 0.6) is 0 Å². The summed E-state index contributed by atoms with van der Waals surface area (Å²) in [6.45, 7) is 9.73. The van der Waals surface area contributed by atoms with Gasteiger partial charge in [0.15, 0.2) is 5.96 Å². The lowest BCUT2D eigenvalue weighted by atomic mass is 9.84. The smallest absolute Gasteiger partial charge is 0.230 e. The molecule has 0 unspecified atom stereocenters. The minimum atomic E-state index is -0.279. The van der Waals surface area contributed by atoms with Crippen molar-refractivity contribution >= 4 is 35.8 Å². The third-order valence-electron chi connectivity index (χ3n) is 4.77. The van der Waals surface area contributed by atoms with Crippen LogP contribution < -0.4 is 10.6 Å². The molecular formula is C19H40IN5O. The zero-order chi connectivity index (χ0) is 19.1. The average Bonchev–Trinajstić information content (AvgIpc) is 2.98. The van der Waals surface area contributed by atoms with Gasteiger partial charge in [-0.1, -0.05) is 26.7 Å². The van der Waals surface area contributed by atoms with Gasteiger partial charge in [-0.2, -0.15) is 0 Å². The van der Waals surface area contributed by atoms with E-state index < -0.39 is 0 Å². The SMILES string of the molecule is CCNC(=NCC(C)(C)CN(C)C)NCC1(C(=O)N(C)C)CCCC1.I. The summed E-state index contributed by atoms with van der Waals surface area (Å²) in [7, 11) is 7.88. The predicted molar refractivity (Wildman–Crippen MR) is 121 cm³/mol. The van der Waals surface area contributed by atoms with Gasteiger partial charge in [0.25, 0.3) is 0 Å². The molecule has 1 saturated carbocycles. The Morgan fingerprint density at radius 2 is 1.69 bits per heavy atom. The van der Waals surface area contributed by atoms with Gasteiger partial charge in [0.1, 0.15) is 0 Å². The number of rotatable bonds is 8. The lowest BCUT2D eigenvalue weighted by molar-refractivity contribution is -0.138. The Morgan fingerprint density at radius 1 is 1.12 bits per heavy atom. The number of carbonyl (C=O) groups excluding carboxylic acids is 1. The van der Waals surface area contributed by atoms with E-state index in [1.54, 1.807) is 4.90 Å². The predicted octanol–water partition coefficient (Wildman–Crippen LogP) is 2.40. The van der Waals surface area contributed by atoms with E-state index in [2.05, 4.69) is 50.4 Å². The molecule has 0 saturated heterocycles. The van der Waals surface area contributed by atoms with Gasteiger partial charge in [-0.3, -0.25) is 9.79 Å². The van der Waals surface area contributed by atoms with Crippen molar-refractivity contribution in [3.05, 3.63) is 0 Å². The molecule has 1 aliphatic carbocycles. The van der Waals surface area contributed by atoms with Gasteiger partial charge in [0.2, 0.25) is 5.91 Å². The summed E-state index contributed by atoms with van der Waals surface area (Å²) in [5, 5.41) is 6.76. The molecular weight excluding hydrogens is 441 g/mol. The summed E-state index contributed by atoms with van der Waals surface area (Å²) >= 11 is 0. The minimum Gasteiger partial charge on any atom is -0.357 e. The molecule has 0 heterocycles. The number of hydrogen-bond donors (Lipinski definition) is 2. The third kappa shape index (κ3) is 7.98. The molecule has 1 rings (SSSR count). The maximum atomic E-state index is 12.7. The number of aliphatic imine (C=N–C) groups is 1. The van der Waals surface area contributed by atoms with Crippen molar-refractivity contribution in [1.82, 2.24) is 20.4 Å². The fourth-order valence-electron chi connectivity index (χ4n) is 3.79. The normalized spacial score (nSPS) is 17.0. The van der Waals surface area contributed by atoms with Crippen LogP contribution in [0.4, 0.5) is 0 Å². The summed E-state index contributed by atoms with van der Waals surface area (Å²) < 4.78 is 0. The number of amides is 1. The maximum absolute atomic E-state index is 12.7. The minimum absolute atomic E-state index is 0. The molecule has 6 nitrogen and oxygen atoms in total. The standard InChI is InChI=1S/C19H39N5O.HI/c1-8-20-17(21-13-18(2,3)15-23(4)5)22-14-19(11-9-10-12-19)16(25)24(6)7;/h8-15H2,1-7H3,(H2,20,21,22);1H. The molecule has 0 bridgehead atoms. The largest absolute Gasteiger partial charge is 0.357 e. The quantitative estimate of drug-likeness (QED) is 0.318. The van der Waals surface area contributed by atoms with Crippen molar-refractivity contribution in [3.63, 3.8) is 0 Å². The van der Waals surface area contributed by atoms with Crippen LogP contribution in [0.25, 0.3) is 0 Å². The fraction of sp³-hybridized carbons (Fsp3) is 0.895. The second-order valence-electron chi connectivity index (χ2n) is 8.64. The second-order valence-corrected chi connectivity index (χ2v) is 8.64. The van der Waals surface area contributed by atoms with E-state index in [9.17, 15) is 4.79 Å². The van der Waals surface area contributed by atoms with Gasteiger partial charge in [-0.25, -0.2) is 0 Å². The highest BCUT2D eigenvalue weighted by atomic mass is 127. The average molecular weight is 481 g/mol. The molecule has 1 fully saturated rings. The van der Waals surface area contributed by atoms with E-state index in [1.807, 2.05) is 14.1 Å². The summed E-state index contributed by atoms with van der Waals surface area (Å²) in [6.07, 6.45) is 4.18. The molecule has 0 spiro atoms. The molecule has 0 aliphatic heterocycles. The molecule has 7 heteroatoms. The fourth-order valence-corrected chi connectivity index (χ4v) is 3.79. The monoisotopic (exact) mass is 481 g/mol. The summed E-state index contributed by atoms with van der Waals surface area (Å²) in [5.41, 5.74) is -0.171. The number of hydrogen-bond acceptors (Lipinski definition) is 3. The highest BCUT2D eigenvalue weighted by Crippen LogP contribution is 2.38. The van der Waals surface area contributed by atoms with Gasteiger partial charge < -0.3 is 20.4 Å². The number of guanidine groups is 1. The van der Waals surface area contributed by atoms with Gasteiger partial charge >= 0.3 is 0 Å². The lowest BCUT2D eigenvalue weighted by Crippen LogP contribution is -2.49. The van der Waals surface area contributed by atoms with E-state index >= 15 is 0 Å². The first-order valence-corrected chi connectivity index (χ1v) is 9.50. The van der Waals surface area contributed by atoms with E-state index in [0.29, 0.717) is 6.54 Å². The zero-order valence-corrected chi connectivity index (χ0v) is 20.1. The van der Waals surface area contributed by atoms with Crippen molar-refractivity contribution < 1.29 is 4.79 Å². The second kappa shape index (κ2) is 11.3. The van der Waals surface area contributed by atoms with Gasteiger partial charge in [0.05, 0.1) is 5.41 Å². The van der Waals surface area contributed by atoms with Crippen molar-refractivity contribution in [2.24, 2.45) is 15.8 Å². The Bertz CT molecular complexity index is 457. The lowest BCUT2D eigenvalue weighted by Gasteiger charge is -2.32. The number of nitrogens with zero attached hydrogens (tertiary/aromatic N) is 3. The molecule has 26 heavy (non-hydrogen) atoms. The number of nitrogens with one attached hydrogen (secondary N) is 2. The Balaban J connectivity index is 0.00000625. The first-order chi connectivity index (χ1) is 11.6. The van der Waals surface area contributed by atoms with Crippen LogP contribution in [0.1, 0.15) is 46.5 Å². The highest BCUT2D eigenvalue weighted by molar-refractivity contribution is 14.0. The van der Waals surface area contributed by atoms with Crippen molar-refractivity contribution in [1.29, 1.82) is 0 Å². The van der Waals surface area contributed by atoms with Crippen LogP contribution in [-0.2, 0) is 4.79 Å². The molecule has 1 amide bonds. The van der Waals surface area contributed by atoms with Gasteiger partial charge in [-0.15, -0.1) is 24.0 Å². The Hall–Kier alpha value is -0.570. The molecule has 1 aliphatic rings.